The van der Waals surface area contributed by atoms with E-state index in [2.05, 4.69) is 0 Å². The molecule has 0 heterocycles. The van der Waals surface area contributed by atoms with Crippen molar-refractivity contribution in [1.29, 1.82) is 0 Å². The molecule has 0 unspecified atom stereocenters. The summed E-state index contributed by atoms with van der Waals surface area (Å²) in [6, 6.07) is 11.1. The molecule has 2 rings (SSSR count). The Labute approximate surface area is 117 Å². The average molecular weight is 272 g/mol. The van der Waals surface area contributed by atoms with Gasteiger partial charge in [0.25, 0.3) is 0 Å². The molecule has 2 aromatic rings. The van der Waals surface area contributed by atoms with Crippen LogP contribution in [0.1, 0.15) is 11.1 Å². The Hall–Kier alpha value is -2.11. The number of rotatable bonds is 4. The lowest BCUT2D eigenvalue weighted by molar-refractivity contribution is 0.412. The molecule has 102 valence electrons. The molecule has 0 fully saturated rings. The lowest BCUT2D eigenvalue weighted by Gasteiger charge is -2.06. The first-order valence-corrected chi connectivity index (χ1v) is 6.07. The van der Waals surface area contributed by atoms with Gasteiger partial charge >= 0.3 is 7.12 Å². The molecule has 0 aliphatic carbocycles. The number of halogens is 1. The topological polar surface area (TPSA) is 49.7 Å². The molecule has 5 heteroatoms. The van der Waals surface area contributed by atoms with E-state index < -0.39 is 7.12 Å². The van der Waals surface area contributed by atoms with Crippen molar-refractivity contribution in [3.05, 3.63) is 59.4 Å². The molecule has 0 aliphatic rings. The van der Waals surface area contributed by atoms with Crippen molar-refractivity contribution in [3.63, 3.8) is 0 Å². The maximum absolute atomic E-state index is 12.8. The van der Waals surface area contributed by atoms with Gasteiger partial charge in [-0.15, -0.1) is 0 Å². The molecule has 0 saturated carbocycles. The van der Waals surface area contributed by atoms with E-state index in [4.69, 9.17) is 4.74 Å². The second-order valence-corrected chi connectivity index (χ2v) is 4.30. The lowest BCUT2D eigenvalue weighted by Crippen LogP contribution is -2.29. The van der Waals surface area contributed by atoms with Crippen LogP contribution in [0.15, 0.2) is 42.5 Å². The zero-order chi connectivity index (χ0) is 14.5. The zero-order valence-corrected chi connectivity index (χ0v) is 11.0. The largest absolute Gasteiger partial charge is 0.497 e. The Morgan fingerprint density at radius 1 is 1.00 bits per heavy atom. The molecule has 0 saturated heterocycles. The Balaban J connectivity index is 2.28. The maximum atomic E-state index is 12.8. The van der Waals surface area contributed by atoms with Crippen LogP contribution in [0, 0.1) is 5.82 Å². The average Bonchev–Trinajstić information content (AvgIpc) is 2.46. The highest BCUT2D eigenvalue weighted by Gasteiger charge is 2.12. The van der Waals surface area contributed by atoms with E-state index >= 15 is 0 Å². The molecule has 0 radical (unpaired) electrons. The molecule has 20 heavy (non-hydrogen) atoms. The lowest BCUT2D eigenvalue weighted by atomic mass is 9.79. The minimum atomic E-state index is -1.55. The molecule has 2 aromatic carbocycles. The number of hydrogen-bond acceptors (Lipinski definition) is 3. The predicted molar refractivity (Wildman–Crippen MR) is 78.1 cm³/mol. The first kappa shape index (κ1) is 14.3. The van der Waals surface area contributed by atoms with E-state index in [-0.39, 0.29) is 5.82 Å². The van der Waals surface area contributed by atoms with Crippen molar-refractivity contribution in [1.82, 2.24) is 0 Å². The number of benzene rings is 2. The third-order valence-corrected chi connectivity index (χ3v) is 2.82. The van der Waals surface area contributed by atoms with Crippen LogP contribution in [0.5, 0.6) is 5.75 Å². The minimum absolute atomic E-state index is 0.283. The summed E-state index contributed by atoms with van der Waals surface area (Å²) in [7, 11) is -0.0425. The van der Waals surface area contributed by atoms with Crippen LogP contribution >= 0.6 is 0 Å². The second-order valence-electron chi connectivity index (χ2n) is 4.30. The zero-order valence-electron chi connectivity index (χ0n) is 11.0. The van der Waals surface area contributed by atoms with Crippen LogP contribution in [0.25, 0.3) is 12.2 Å². The fourth-order valence-corrected chi connectivity index (χ4v) is 1.78. The second kappa shape index (κ2) is 6.37. The molecule has 0 aromatic heterocycles. The molecular formula is C15H14BFO3. The van der Waals surface area contributed by atoms with Gasteiger partial charge in [0, 0.05) is 0 Å². The molecule has 0 aliphatic heterocycles. The van der Waals surface area contributed by atoms with Crippen molar-refractivity contribution in [2.45, 2.75) is 0 Å². The third kappa shape index (κ3) is 3.69. The van der Waals surface area contributed by atoms with E-state index in [1.807, 2.05) is 6.08 Å². The van der Waals surface area contributed by atoms with Crippen LogP contribution in [0.2, 0.25) is 0 Å². The Morgan fingerprint density at radius 3 is 2.25 bits per heavy atom. The number of ether oxygens (including phenoxy) is 1. The van der Waals surface area contributed by atoms with Gasteiger partial charge in [-0.05, 0) is 40.9 Å². The molecule has 0 bridgehead atoms. The van der Waals surface area contributed by atoms with Crippen LogP contribution in [-0.4, -0.2) is 24.3 Å². The summed E-state index contributed by atoms with van der Waals surface area (Å²) in [6.45, 7) is 0. The number of methoxy groups -OCH3 is 1. The van der Waals surface area contributed by atoms with Gasteiger partial charge in [0.05, 0.1) is 7.11 Å². The normalized spacial score (nSPS) is 10.8. The van der Waals surface area contributed by atoms with Gasteiger partial charge in [0.2, 0.25) is 0 Å². The summed E-state index contributed by atoms with van der Waals surface area (Å²) in [6.07, 6.45) is 3.60. The SMILES string of the molecule is COc1cc(/C=C/c2ccc(F)cc2)cc(B(O)O)c1. The molecule has 3 nitrogen and oxygen atoms in total. The maximum Gasteiger partial charge on any atom is 0.488 e. The molecular weight excluding hydrogens is 258 g/mol. The van der Waals surface area contributed by atoms with Crippen molar-refractivity contribution < 1.29 is 19.2 Å². The van der Waals surface area contributed by atoms with Crippen molar-refractivity contribution in [3.8, 4) is 5.75 Å². The van der Waals surface area contributed by atoms with E-state index in [1.54, 1.807) is 36.4 Å². The third-order valence-electron chi connectivity index (χ3n) is 2.82. The van der Waals surface area contributed by atoms with Crippen LogP contribution in [-0.2, 0) is 0 Å². The van der Waals surface area contributed by atoms with Crippen molar-refractivity contribution >= 4 is 24.7 Å². The van der Waals surface area contributed by atoms with Crippen LogP contribution < -0.4 is 10.2 Å². The van der Waals surface area contributed by atoms with E-state index in [1.165, 1.54) is 19.2 Å². The summed E-state index contributed by atoms with van der Waals surface area (Å²) in [4.78, 5) is 0. The minimum Gasteiger partial charge on any atom is -0.497 e. The predicted octanol–water partition coefficient (Wildman–Crippen LogP) is 1.68. The van der Waals surface area contributed by atoms with Gasteiger partial charge in [0.15, 0.2) is 0 Å². The summed E-state index contributed by atoms with van der Waals surface area (Å²) < 4.78 is 17.9. The summed E-state index contributed by atoms with van der Waals surface area (Å²) in [5.74, 6) is 0.253. The van der Waals surface area contributed by atoms with Gasteiger partial charge in [-0.2, -0.15) is 0 Å². The van der Waals surface area contributed by atoms with Gasteiger partial charge in [-0.1, -0.05) is 30.4 Å². The van der Waals surface area contributed by atoms with Crippen LogP contribution in [0.4, 0.5) is 4.39 Å². The van der Waals surface area contributed by atoms with Crippen molar-refractivity contribution in [2.75, 3.05) is 7.11 Å². The Kier molecular flexibility index (Phi) is 4.55. The van der Waals surface area contributed by atoms with Gasteiger partial charge in [-0.3, -0.25) is 0 Å². The highest BCUT2D eigenvalue weighted by atomic mass is 19.1. The summed E-state index contributed by atoms with van der Waals surface area (Å²) >= 11 is 0. The fourth-order valence-electron chi connectivity index (χ4n) is 1.78. The Bertz CT molecular complexity index is 609. The highest BCUT2D eigenvalue weighted by Crippen LogP contribution is 2.15. The fraction of sp³-hybridized carbons (Fsp3) is 0.0667. The molecule has 0 spiro atoms. The Morgan fingerprint density at radius 2 is 1.65 bits per heavy atom. The highest BCUT2D eigenvalue weighted by molar-refractivity contribution is 6.58. The van der Waals surface area contributed by atoms with Gasteiger partial charge in [0.1, 0.15) is 11.6 Å². The standard InChI is InChI=1S/C15H14BFO3/c1-20-15-9-12(8-13(10-15)16(18)19)3-2-11-4-6-14(17)7-5-11/h2-10,18-19H,1H3/b3-2+. The first-order chi connectivity index (χ1) is 9.58. The smallest absolute Gasteiger partial charge is 0.488 e. The molecule has 2 N–H and O–H groups in total. The molecule has 0 amide bonds. The summed E-state index contributed by atoms with van der Waals surface area (Å²) in [5, 5.41) is 18.4. The van der Waals surface area contributed by atoms with E-state index in [0.29, 0.717) is 11.2 Å². The first-order valence-electron chi connectivity index (χ1n) is 6.07. The van der Waals surface area contributed by atoms with Gasteiger partial charge < -0.3 is 14.8 Å². The molecule has 0 atom stereocenters. The monoisotopic (exact) mass is 272 g/mol. The van der Waals surface area contributed by atoms with Crippen molar-refractivity contribution in [2.24, 2.45) is 0 Å². The number of hydrogen-bond donors (Lipinski definition) is 2. The van der Waals surface area contributed by atoms with E-state index in [0.717, 1.165) is 11.1 Å². The quantitative estimate of drug-likeness (QED) is 0.657. The van der Waals surface area contributed by atoms with E-state index in [9.17, 15) is 14.4 Å². The van der Waals surface area contributed by atoms with Gasteiger partial charge in [-0.25, -0.2) is 4.39 Å². The summed E-state index contributed by atoms with van der Waals surface area (Å²) in [5.41, 5.74) is 1.96. The van der Waals surface area contributed by atoms with Crippen LogP contribution in [0.3, 0.4) is 0 Å².